The van der Waals surface area contributed by atoms with Crippen molar-refractivity contribution in [1.82, 2.24) is 0 Å². The second-order valence-electron chi connectivity index (χ2n) is 7.08. The van der Waals surface area contributed by atoms with Gasteiger partial charge in [0, 0.05) is 17.9 Å². The molecule has 1 heterocycles. The number of carbonyl (C=O) groups is 1. The van der Waals surface area contributed by atoms with E-state index in [-0.39, 0.29) is 22.7 Å². The lowest BCUT2D eigenvalue weighted by molar-refractivity contribution is -0.131. The summed E-state index contributed by atoms with van der Waals surface area (Å²) in [6.07, 6.45) is 4.50. The topological polar surface area (TPSA) is 52.3 Å². The lowest BCUT2D eigenvalue weighted by Crippen LogP contribution is -2.50. The Morgan fingerprint density at radius 2 is 1.88 bits per heavy atom. The molecule has 2 fully saturated rings. The quantitative estimate of drug-likeness (QED) is 0.823. The van der Waals surface area contributed by atoms with Crippen LogP contribution in [-0.4, -0.2) is 22.5 Å². The molecule has 3 heteroatoms. The predicted molar refractivity (Wildman–Crippen MR) is 67.7 cm³/mol. The van der Waals surface area contributed by atoms with Crippen LogP contribution < -0.4 is 5.73 Å². The second kappa shape index (κ2) is 3.79. The Kier molecular flexibility index (Phi) is 2.91. The third-order valence-corrected chi connectivity index (χ3v) is 4.34. The summed E-state index contributed by atoms with van der Waals surface area (Å²) in [6.45, 7) is 8.16. The Morgan fingerprint density at radius 1 is 1.29 bits per heavy atom. The molecule has 0 aromatic rings. The second-order valence-corrected chi connectivity index (χ2v) is 7.08. The first-order valence-electron chi connectivity index (χ1n) is 6.65. The molecule has 2 rings (SSSR count). The Bertz CT molecular complexity index is 329. The summed E-state index contributed by atoms with van der Waals surface area (Å²) in [5.41, 5.74) is 5.42. The molecule has 0 spiro atoms. The molecule has 0 aromatic carbocycles. The third kappa shape index (κ3) is 2.55. The van der Waals surface area contributed by atoms with Crippen molar-refractivity contribution in [1.29, 1.82) is 0 Å². The van der Waals surface area contributed by atoms with Gasteiger partial charge in [0.25, 0.3) is 0 Å². The fourth-order valence-electron chi connectivity index (χ4n) is 3.34. The molecule has 17 heavy (non-hydrogen) atoms. The van der Waals surface area contributed by atoms with E-state index in [0.29, 0.717) is 12.2 Å². The summed E-state index contributed by atoms with van der Waals surface area (Å²) in [5.74, 6) is 0.293. The fraction of sp³-hybridized carbons (Fsp3) is 0.929. The maximum atomic E-state index is 12.4. The summed E-state index contributed by atoms with van der Waals surface area (Å²) < 4.78 is 5.97. The normalized spacial score (nSPS) is 33.1. The van der Waals surface area contributed by atoms with Gasteiger partial charge < -0.3 is 10.5 Å². The number of hydrogen-bond acceptors (Lipinski definition) is 3. The van der Waals surface area contributed by atoms with E-state index in [1.807, 2.05) is 13.8 Å². The Morgan fingerprint density at radius 3 is 2.24 bits per heavy atom. The molecular weight excluding hydrogens is 214 g/mol. The Balaban J connectivity index is 2.04. The SMILES string of the molecule is CC1(C)CC(C(=O)CC2(N)CCC2)C(C)(C)O1. The van der Waals surface area contributed by atoms with Gasteiger partial charge in [-0.3, -0.25) is 4.79 Å². The number of ether oxygens (including phenoxy) is 1. The van der Waals surface area contributed by atoms with Crippen molar-refractivity contribution in [3.8, 4) is 0 Å². The van der Waals surface area contributed by atoms with Crippen LogP contribution in [-0.2, 0) is 9.53 Å². The van der Waals surface area contributed by atoms with Crippen molar-refractivity contribution in [3.63, 3.8) is 0 Å². The van der Waals surface area contributed by atoms with Crippen LogP contribution in [0, 0.1) is 5.92 Å². The van der Waals surface area contributed by atoms with Gasteiger partial charge in [-0.15, -0.1) is 0 Å². The smallest absolute Gasteiger partial charge is 0.140 e. The maximum Gasteiger partial charge on any atom is 0.140 e. The fourth-order valence-corrected chi connectivity index (χ4v) is 3.34. The minimum atomic E-state index is -0.347. The monoisotopic (exact) mass is 239 g/mol. The minimum Gasteiger partial charge on any atom is -0.369 e. The molecule has 1 saturated heterocycles. The molecule has 2 N–H and O–H groups in total. The zero-order valence-corrected chi connectivity index (χ0v) is 11.5. The van der Waals surface area contributed by atoms with E-state index in [4.69, 9.17) is 10.5 Å². The van der Waals surface area contributed by atoms with E-state index in [1.165, 1.54) is 6.42 Å². The summed E-state index contributed by atoms with van der Waals surface area (Å²) in [7, 11) is 0. The van der Waals surface area contributed by atoms with Crippen molar-refractivity contribution in [2.45, 2.75) is 76.5 Å². The van der Waals surface area contributed by atoms with E-state index < -0.39 is 0 Å². The highest BCUT2D eigenvalue weighted by atomic mass is 16.5. The van der Waals surface area contributed by atoms with Gasteiger partial charge in [0.1, 0.15) is 5.78 Å². The Labute approximate surface area is 104 Å². The summed E-state index contributed by atoms with van der Waals surface area (Å²) in [4.78, 5) is 12.4. The number of Topliss-reactive ketones (excluding diaryl/α,β-unsaturated/α-hetero) is 1. The maximum absolute atomic E-state index is 12.4. The van der Waals surface area contributed by atoms with Crippen LogP contribution in [0.15, 0.2) is 0 Å². The van der Waals surface area contributed by atoms with Gasteiger partial charge in [-0.1, -0.05) is 0 Å². The Hall–Kier alpha value is -0.410. The lowest BCUT2D eigenvalue weighted by atomic mass is 9.71. The number of ketones is 1. The van der Waals surface area contributed by atoms with Crippen molar-refractivity contribution in [2.75, 3.05) is 0 Å². The van der Waals surface area contributed by atoms with Crippen molar-refractivity contribution in [3.05, 3.63) is 0 Å². The van der Waals surface area contributed by atoms with Gasteiger partial charge in [-0.2, -0.15) is 0 Å². The molecule has 0 radical (unpaired) electrons. The lowest BCUT2D eigenvalue weighted by Gasteiger charge is -2.39. The van der Waals surface area contributed by atoms with E-state index >= 15 is 0 Å². The molecule has 1 aliphatic heterocycles. The highest BCUT2D eigenvalue weighted by molar-refractivity contribution is 5.83. The molecule has 98 valence electrons. The molecule has 1 unspecified atom stereocenters. The van der Waals surface area contributed by atoms with Crippen LogP contribution in [0.2, 0.25) is 0 Å². The largest absolute Gasteiger partial charge is 0.369 e. The molecule has 1 aliphatic carbocycles. The van der Waals surface area contributed by atoms with E-state index in [9.17, 15) is 4.79 Å². The van der Waals surface area contributed by atoms with Crippen LogP contribution in [0.4, 0.5) is 0 Å². The molecule has 3 nitrogen and oxygen atoms in total. The number of hydrogen-bond donors (Lipinski definition) is 1. The van der Waals surface area contributed by atoms with Gasteiger partial charge in [0.2, 0.25) is 0 Å². The summed E-state index contributed by atoms with van der Waals surface area (Å²) in [5, 5.41) is 0. The number of carbonyl (C=O) groups excluding carboxylic acids is 1. The summed E-state index contributed by atoms with van der Waals surface area (Å²) >= 11 is 0. The van der Waals surface area contributed by atoms with Crippen LogP contribution >= 0.6 is 0 Å². The highest BCUT2D eigenvalue weighted by Gasteiger charge is 2.50. The van der Waals surface area contributed by atoms with Gasteiger partial charge in [-0.25, -0.2) is 0 Å². The van der Waals surface area contributed by atoms with E-state index in [2.05, 4.69) is 13.8 Å². The van der Waals surface area contributed by atoms with Crippen molar-refractivity contribution < 1.29 is 9.53 Å². The zero-order chi connectivity index (χ0) is 12.9. The first-order chi connectivity index (χ1) is 7.64. The van der Waals surface area contributed by atoms with Crippen molar-refractivity contribution >= 4 is 5.78 Å². The first-order valence-corrected chi connectivity index (χ1v) is 6.65. The van der Waals surface area contributed by atoms with E-state index in [0.717, 1.165) is 19.3 Å². The minimum absolute atomic E-state index is 0.00137. The summed E-state index contributed by atoms with van der Waals surface area (Å²) in [6, 6.07) is 0. The molecule has 0 aromatic heterocycles. The average Bonchev–Trinajstić information content (AvgIpc) is 2.31. The molecular formula is C14H25NO2. The molecule has 1 atom stereocenters. The van der Waals surface area contributed by atoms with Crippen LogP contribution in [0.25, 0.3) is 0 Å². The number of rotatable bonds is 3. The molecule has 0 bridgehead atoms. The standard InChI is InChI=1S/C14H25NO2/c1-12(2)8-10(13(3,4)17-12)11(16)9-14(15)6-5-7-14/h10H,5-9,15H2,1-4H3. The predicted octanol–water partition coefficient (Wildman–Crippen LogP) is 2.42. The first kappa shape index (κ1) is 13.0. The zero-order valence-electron chi connectivity index (χ0n) is 11.5. The molecule has 1 saturated carbocycles. The number of nitrogens with two attached hydrogens (primary N) is 1. The molecule has 0 amide bonds. The van der Waals surface area contributed by atoms with E-state index in [1.54, 1.807) is 0 Å². The third-order valence-electron chi connectivity index (χ3n) is 4.34. The van der Waals surface area contributed by atoms with Gasteiger partial charge >= 0.3 is 0 Å². The highest BCUT2D eigenvalue weighted by Crippen LogP contribution is 2.44. The molecule has 2 aliphatic rings. The van der Waals surface area contributed by atoms with Gasteiger partial charge in [-0.05, 0) is 53.4 Å². The van der Waals surface area contributed by atoms with Gasteiger partial charge in [0.15, 0.2) is 0 Å². The van der Waals surface area contributed by atoms with Crippen LogP contribution in [0.5, 0.6) is 0 Å². The van der Waals surface area contributed by atoms with Crippen LogP contribution in [0.1, 0.15) is 59.8 Å². The average molecular weight is 239 g/mol. The van der Waals surface area contributed by atoms with Gasteiger partial charge in [0.05, 0.1) is 11.2 Å². The van der Waals surface area contributed by atoms with Crippen molar-refractivity contribution in [2.24, 2.45) is 11.7 Å². The van der Waals surface area contributed by atoms with Crippen LogP contribution in [0.3, 0.4) is 0 Å².